The third-order valence-corrected chi connectivity index (χ3v) is 6.99. The highest BCUT2D eigenvalue weighted by molar-refractivity contribution is 9.10. The summed E-state index contributed by atoms with van der Waals surface area (Å²) in [4.78, 5) is 13.2. The summed E-state index contributed by atoms with van der Waals surface area (Å²) in [5.74, 6) is 1.18. The second-order valence-electron chi connectivity index (χ2n) is 7.70. The number of thioether (sulfide) groups is 1. The first-order valence-electron chi connectivity index (χ1n) is 11.2. The second-order valence-corrected chi connectivity index (χ2v) is 9.70. The highest BCUT2D eigenvalue weighted by atomic mass is 79.9. The first-order valence-corrected chi connectivity index (χ1v) is 12.9. The Morgan fingerprint density at radius 1 is 1.00 bits per heavy atom. The number of carbonyl (C=O) groups is 1. The van der Waals surface area contributed by atoms with Gasteiger partial charge in [0.1, 0.15) is 6.61 Å². The number of hydrogen-bond donors (Lipinski definition) is 2. The van der Waals surface area contributed by atoms with Crippen LogP contribution in [0.1, 0.15) is 30.5 Å². The minimum Gasteiger partial charge on any atom is -0.490 e. The number of amides is 1. The van der Waals surface area contributed by atoms with Crippen molar-refractivity contribution in [2.75, 3.05) is 11.9 Å². The van der Waals surface area contributed by atoms with Crippen LogP contribution in [0.25, 0.3) is 6.08 Å². The van der Waals surface area contributed by atoms with E-state index in [0.29, 0.717) is 29.6 Å². The summed E-state index contributed by atoms with van der Waals surface area (Å²) >= 11 is 5.09. The van der Waals surface area contributed by atoms with Gasteiger partial charge in [0.25, 0.3) is 5.91 Å². The molecule has 0 radical (unpaired) electrons. The molecule has 1 aliphatic rings. The molecule has 1 atom stereocenters. The molecule has 0 bridgehead atoms. The van der Waals surface area contributed by atoms with Gasteiger partial charge in [0, 0.05) is 10.2 Å². The van der Waals surface area contributed by atoms with Crippen molar-refractivity contribution in [3.63, 3.8) is 0 Å². The van der Waals surface area contributed by atoms with Gasteiger partial charge in [-0.3, -0.25) is 4.79 Å². The van der Waals surface area contributed by atoms with E-state index in [9.17, 15) is 4.79 Å². The van der Waals surface area contributed by atoms with Gasteiger partial charge in [-0.05, 0) is 60.4 Å². The molecule has 0 saturated carbocycles. The van der Waals surface area contributed by atoms with Crippen LogP contribution in [0.4, 0.5) is 5.69 Å². The fourth-order valence-electron chi connectivity index (χ4n) is 3.47. The third kappa shape index (κ3) is 6.15. The van der Waals surface area contributed by atoms with E-state index in [0.717, 1.165) is 27.7 Å². The van der Waals surface area contributed by atoms with Gasteiger partial charge >= 0.3 is 0 Å². The molecule has 3 aromatic carbocycles. The molecule has 0 aromatic heterocycles. The van der Waals surface area contributed by atoms with Gasteiger partial charge in [-0.15, -0.1) is 0 Å². The Morgan fingerprint density at radius 2 is 1.74 bits per heavy atom. The molecular weight excluding hydrogens is 512 g/mol. The van der Waals surface area contributed by atoms with Crippen molar-refractivity contribution in [2.45, 2.75) is 32.4 Å². The number of carbonyl (C=O) groups excluding carboxylic acids is 1. The summed E-state index contributed by atoms with van der Waals surface area (Å²) in [7, 11) is 0. The van der Waals surface area contributed by atoms with Crippen molar-refractivity contribution in [1.82, 2.24) is 5.32 Å². The number of rotatable bonds is 9. The minimum atomic E-state index is -0.232. The molecule has 1 fully saturated rings. The van der Waals surface area contributed by atoms with Crippen LogP contribution in [0.3, 0.4) is 0 Å². The van der Waals surface area contributed by atoms with Crippen LogP contribution >= 0.6 is 27.7 Å². The molecule has 7 heteroatoms. The normalized spacial score (nSPS) is 16.4. The lowest BCUT2D eigenvalue weighted by Crippen LogP contribution is -2.30. The molecular formula is C27H27BrN2O3S. The van der Waals surface area contributed by atoms with Crippen molar-refractivity contribution in [3.05, 3.63) is 92.8 Å². The van der Waals surface area contributed by atoms with E-state index in [2.05, 4.69) is 45.6 Å². The number of anilines is 1. The fraction of sp³-hybridized carbons (Fsp3) is 0.222. The smallest absolute Gasteiger partial charge is 0.260 e. The van der Waals surface area contributed by atoms with Gasteiger partial charge in [-0.25, -0.2) is 0 Å². The van der Waals surface area contributed by atoms with Gasteiger partial charge in [0.05, 0.1) is 11.5 Å². The highest BCUT2D eigenvalue weighted by Gasteiger charge is 2.27. The average Bonchev–Trinajstić information content (AvgIpc) is 3.19. The van der Waals surface area contributed by atoms with Crippen LogP contribution < -0.4 is 20.1 Å². The molecule has 1 amide bonds. The minimum absolute atomic E-state index is 0.109. The zero-order valence-electron chi connectivity index (χ0n) is 19.1. The molecule has 1 saturated heterocycles. The standard InChI is InChI=1S/C27H27BrN2O3S/c1-3-18-10-12-21(13-11-18)29-27-30-26(31)25(34-27)15-20-14-23(32-4-2)24(16-22(20)28)33-17-19-8-6-5-7-9-19/h5-16,27,29H,3-4,17H2,1-2H3,(H,30,31)/b25-15-/t27-/m0/s1. The number of halogens is 1. The Bertz CT molecular complexity index is 1170. The van der Waals surface area contributed by atoms with E-state index in [1.807, 2.05) is 67.6 Å². The van der Waals surface area contributed by atoms with Gasteiger partial charge in [-0.1, -0.05) is 77.1 Å². The molecule has 2 N–H and O–H groups in total. The van der Waals surface area contributed by atoms with Crippen LogP contribution in [0, 0.1) is 0 Å². The lowest BCUT2D eigenvalue weighted by Gasteiger charge is -2.14. The fourth-order valence-corrected chi connectivity index (χ4v) is 4.89. The molecule has 3 aromatic rings. The lowest BCUT2D eigenvalue weighted by molar-refractivity contribution is -0.116. The van der Waals surface area contributed by atoms with E-state index in [-0.39, 0.29) is 11.4 Å². The van der Waals surface area contributed by atoms with Crippen LogP contribution in [0.15, 0.2) is 76.1 Å². The number of ether oxygens (including phenoxy) is 2. The summed E-state index contributed by atoms with van der Waals surface area (Å²) in [5.41, 5.74) is 3.94. The van der Waals surface area contributed by atoms with Crippen LogP contribution in [-0.2, 0) is 17.8 Å². The molecule has 176 valence electrons. The molecule has 34 heavy (non-hydrogen) atoms. The van der Waals surface area contributed by atoms with Crippen molar-refractivity contribution < 1.29 is 14.3 Å². The quantitative estimate of drug-likeness (QED) is 0.301. The Kier molecular flexibility index (Phi) is 8.19. The number of aryl methyl sites for hydroxylation is 1. The third-order valence-electron chi connectivity index (χ3n) is 5.28. The molecule has 1 aliphatic heterocycles. The van der Waals surface area contributed by atoms with Crippen LogP contribution in [0.5, 0.6) is 11.5 Å². The summed E-state index contributed by atoms with van der Waals surface area (Å²) in [6.45, 7) is 5.02. The van der Waals surface area contributed by atoms with E-state index in [1.54, 1.807) is 0 Å². The summed E-state index contributed by atoms with van der Waals surface area (Å²) in [5, 5.41) is 6.34. The largest absolute Gasteiger partial charge is 0.490 e. The van der Waals surface area contributed by atoms with E-state index in [1.165, 1.54) is 17.3 Å². The van der Waals surface area contributed by atoms with E-state index in [4.69, 9.17) is 9.47 Å². The first-order chi connectivity index (χ1) is 16.6. The number of hydrogen-bond acceptors (Lipinski definition) is 5. The van der Waals surface area contributed by atoms with Crippen molar-refractivity contribution in [3.8, 4) is 11.5 Å². The number of benzene rings is 3. The van der Waals surface area contributed by atoms with E-state index >= 15 is 0 Å². The zero-order chi connectivity index (χ0) is 23.9. The average molecular weight is 539 g/mol. The maximum atomic E-state index is 12.6. The molecule has 0 aliphatic carbocycles. The Morgan fingerprint density at radius 3 is 2.44 bits per heavy atom. The molecule has 0 spiro atoms. The molecule has 1 heterocycles. The van der Waals surface area contributed by atoms with E-state index < -0.39 is 0 Å². The SMILES string of the molecule is CCOc1cc(/C=C2\S[C@@H](Nc3ccc(CC)cc3)NC2=O)c(Br)cc1OCc1ccccc1. The second kappa shape index (κ2) is 11.5. The molecule has 4 rings (SSSR count). The van der Waals surface area contributed by atoms with Crippen molar-refractivity contribution >= 4 is 45.4 Å². The first kappa shape index (κ1) is 24.2. The monoisotopic (exact) mass is 538 g/mol. The Labute approximate surface area is 213 Å². The maximum absolute atomic E-state index is 12.6. The zero-order valence-corrected chi connectivity index (χ0v) is 21.5. The Hall–Kier alpha value is -2.90. The lowest BCUT2D eigenvalue weighted by atomic mass is 10.1. The van der Waals surface area contributed by atoms with Gasteiger partial charge < -0.3 is 20.1 Å². The highest BCUT2D eigenvalue weighted by Crippen LogP contribution is 2.38. The molecule has 0 unspecified atom stereocenters. The van der Waals surface area contributed by atoms with Crippen molar-refractivity contribution in [1.29, 1.82) is 0 Å². The summed E-state index contributed by atoms with van der Waals surface area (Å²) < 4.78 is 12.7. The van der Waals surface area contributed by atoms with Crippen LogP contribution in [0.2, 0.25) is 0 Å². The topological polar surface area (TPSA) is 59.6 Å². The van der Waals surface area contributed by atoms with Gasteiger partial charge in [0.2, 0.25) is 0 Å². The van der Waals surface area contributed by atoms with Crippen LogP contribution in [-0.4, -0.2) is 18.0 Å². The Balaban J connectivity index is 1.49. The maximum Gasteiger partial charge on any atom is 0.260 e. The van der Waals surface area contributed by atoms with Gasteiger partial charge in [-0.2, -0.15) is 0 Å². The van der Waals surface area contributed by atoms with Crippen molar-refractivity contribution in [2.24, 2.45) is 0 Å². The molecule has 5 nitrogen and oxygen atoms in total. The number of nitrogens with one attached hydrogen (secondary N) is 2. The summed E-state index contributed by atoms with van der Waals surface area (Å²) in [6.07, 6.45) is 2.87. The van der Waals surface area contributed by atoms with Gasteiger partial charge in [0.15, 0.2) is 17.0 Å². The summed E-state index contributed by atoms with van der Waals surface area (Å²) in [6, 6.07) is 22.0. The predicted molar refractivity (Wildman–Crippen MR) is 143 cm³/mol. The predicted octanol–water partition coefficient (Wildman–Crippen LogP) is 6.59.